The van der Waals surface area contributed by atoms with Crippen LogP contribution in [0.2, 0.25) is 0 Å². The lowest BCUT2D eigenvalue weighted by atomic mass is 9.97. The molecule has 0 N–H and O–H groups in total. The first-order chi connectivity index (χ1) is 14.8. The molecule has 31 heavy (non-hydrogen) atoms. The Morgan fingerprint density at radius 3 is 2.39 bits per heavy atom. The third-order valence-electron chi connectivity index (χ3n) is 4.95. The van der Waals surface area contributed by atoms with Crippen molar-refractivity contribution in [1.29, 1.82) is 0 Å². The number of ether oxygens (including phenoxy) is 2. The number of amides is 1. The number of rotatable bonds is 7. The average molecular weight is 441 g/mol. The number of carbonyl (C=O) groups is 2. The van der Waals surface area contributed by atoms with Gasteiger partial charge in [-0.25, -0.2) is 0 Å². The van der Waals surface area contributed by atoms with Gasteiger partial charge >= 0.3 is 5.97 Å². The Hall–Kier alpha value is -2.93. The summed E-state index contributed by atoms with van der Waals surface area (Å²) in [5, 5.41) is 0. The molecule has 0 aliphatic carbocycles. The molecule has 0 saturated carbocycles. The maximum atomic E-state index is 12.9. The van der Waals surface area contributed by atoms with Gasteiger partial charge in [-0.2, -0.15) is 4.99 Å². The van der Waals surface area contributed by atoms with Gasteiger partial charge in [0.15, 0.2) is 4.80 Å². The Kier molecular flexibility index (Phi) is 7.28. The van der Waals surface area contributed by atoms with Crippen molar-refractivity contribution in [2.75, 3.05) is 13.2 Å². The van der Waals surface area contributed by atoms with Crippen molar-refractivity contribution < 1.29 is 19.1 Å². The zero-order valence-corrected chi connectivity index (χ0v) is 19.5. The Balaban J connectivity index is 2.03. The van der Waals surface area contributed by atoms with Crippen molar-refractivity contribution in [3.63, 3.8) is 0 Å². The van der Waals surface area contributed by atoms with E-state index in [1.165, 1.54) is 16.9 Å². The lowest BCUT2D eigenvalue weighted by Crippen LogP contribution is -2.23. The van der Waals surface area contributed by atoms with E-state index in [-0.39, 0.29) is 24.8 Å². The van der Waals surface area contributed by atoms with E-state index in [0.717, 1.165) is 32.7 Å². The van der Waals surface area contributed by atoms with Crippen molar-refractivity contribution in [2.24, 2.45) is 4.99 Å². The second-order valence-electron chi connectivity index (χ2n) is 7.40. The minimum absolute atomic E-state index is 0.00345. The van der Waals surface area contributed by atoms with Gasteiger partial charge < -0.3 is 14.0 Å². The summed E-state index contributed by atoms with van der Waals surface area (Å²) in [6.45, 7) is 10.6. The molecule has 0 unspecified atom stereocenters. The predicted octanol–water partition coefficient (Wildman–Crippen LogP) is 4.26. The molecule has 1 heterocycles. The molecule has 1 aromatic heterocycles. The molecular formula is C24H28N2O4S. The number of aryl methyl sites for hydroxylation is 3. The van der Waals surface area contributed by atoms with Crippen LogP contribution in [0.5, 0.6) is 5.75 Å². The molecule has 1 amide bonds. The fourth-order valence-electron chi connectivity index (χ4n) is 3.67. The Morgan fingerprint density at radius 1 is 1.03 bits per heavy atom. The van der Waals surface area contributed by atoms with Crippen LogP contribution in [0.15, 0.2) is 35.3 Å². The number of hydrogen-bond acceptors (Lipinski definition) is 5. The number of carbonyl (C=O) groups excluding carboxylic acids is 2. The molecule has 164 valence electrons. The molecule has 6 nitrogen and oxygen atoms in total. The van der Waals surface area contributed by atoms with Crippen LogP contribution in [0.4, 0.5) is 0 Å². The predicted molar refractivity (Wildman–Crippen MR) is 123 cm³/mol. The SMILES string of the molecule is CCOC(=O)Cn1c(=NC(=O)Cc2c(C)cc(C)cc2C)sc2cc(OCC)ccc21. The Morgan fingerprint density at radius 2 is 1.74 bits per heavy atom. The highest BCUT2D eigenvalue weighted by molar-refractivity contribution is 7.16. The first-order valence-electron chi connectivity index (χ1n) is 10.4. The van der Waals surface area contributed by atoms with Crippen LogP contribution in [-0.2, 0) is 27.3 Å². The van der Waals surface area contributed by atoms with Gasteiger partial charge in [-0.3, -0.25) is 9.59 Å². The third-order valence-corrected chi connectivity index (χ3v) is 5.99. The molecule has 0 spiro atoms. The molecule has 0 atom stereocenters. The van der Waals surface area contributed by atoms with E-state index in [0.29, 0.717) is 18.0 Å². The average Bonchev–Trinajstić information content (AvgIpc) is 3.01. The Labute approximate surface area is 186 Å². The first-order valence-corrected chi connectivity index (χ1v) is 11.2. The van der Waals surface area contributed by atoms with Gasteiger partial charge in [-0.05, 0) is 69.5 Å². The molecule has 3 rings (SSSR count). The second-order valence-corrected chi connectivity index (χ2v) is 8.41. The monoisotopic (exact) mass is 440 g/mol. The molecule has 0 saturated heterocycles. The summed E-state index contributed by atoms with van der Waals surface area (Å²) >= 11 is 1.36. The summed E-state index contributed by atoms with van der Waals surface area (Å²) in [6, 6.07) is 9.79. The van der Waals surface area contributed by atoms with Crippen LogP contribution in [0.25, 0.3) is 10.2 Å². The lowest BCUT2D eigenvalue weighted by Gasteiger charge is -2.09. The fourth-order valence-corrected chi connectivity index (χ4v) is 4.75. The number of fused-ring (bicyclic) bond motifs is 1. The van der Waals surface area contributed by atoms with Gasteiger partial charge in [0.25, 0.3) is 5.91 Å². The highest BCUT2D eigenvalue weighted by atomic mass is 32.1. The van der Waals surface area contributed by atoms with Crippen molar-refractivity contribution in [3.8, 4) is 5.75 Å². The summed E-state index contributed by atoms with van der Waals surface area (Å²) < 4.78 is 13.3. The quantitative estimate of drug-likeness (QED) is 0.515. The highest BCUT2D eigenvalue weighted by Gasteiger charge is 2.14. The van der Waals surface area contributed by atoms with Gasteiger partial charge in [0.05, 0.1) is 29.9 Å². The van der Waals surface area contributed by atoms with E-state index in [2.05, 4.69) is 17.1 Å². The van der Waals surface area contributed by atoms with Crippen molar-refractivity contribution in [3.05, 3.63) is 57.4 Å². The van der Waals surface area contributed by atoms with Crippen molar-refractivity contribution in [1.82, 2.24) is 4.57 Å². The van der Waals surface area contributed by atoms with Gasteiger partial charge in [-0.1, -0.05) is 29.0 Å². The number of aromatic nitrogens is 1. The zero-order chi connectivity index (χ0) is 22.5. The molecule has 2 aromatic carbocycles. The summed E-state index contributed by atoms with van der Waals surface area (Å²) in [6.07, 6.45) is 0.218. The van der Waals surface area contributed by atoms with Gasteiger partial charge in [-0.15, -0.1) is 0 Å². The summed E-state index contributed by atoms with van der Waals surface area (Å²) in [7, 11) is 0. The maximum Gasteiger partial charge on any atom is 0.326 e. The normalized spacial score (nSPS) is 11.7. The summed E-state index contributed by atoms with van der Waals surface area (Å²) in [4.78, 5) is 29.9. The van der Waals surface area contributed by atoms with Crippen LogP contribution < -0.4 is 9.54 Å². The van der Waals surface area contributed by atoms with Crippen molar-refractivity contribution in [2.45, 2.75) is 47.6 Å². The molecule has 0 fully saturated rings. The number of esters is 1. The first kappa shape index (κ1) is 22.7. The minimum atomic E-state index is -0.366. The van der Waals surface area contributed by atoms with E-state index in [1.54, 1.807) is 11.5 Å². The smallest absolute Gasteiger partial charge is 0.326 e. The largest absolute Gasteiger partial charge is 0.494 e. The van der Waals surface area contributed by atoms with Crippen LogP contribution in [-0.4, -0.2) is 29.7 Å². The standard InChI is InChI=1S/C24H28N2O4S/c1-6-29-18-8-9-20-21(12-18)31-24(26(20)14-23(28)30-7-2)25-22(27)13-19-16(4)10-15(3)11-17(19)5/h8-12H,6-7,13-14H2,1-5H3. The van der Waals surface area contributed by atoms with E-state index in [1.807, 2.05) is 45.9 Å². The molecule has 3 aromatic rings. The van der Waals surface area contributed by atoms with E-state index >= 15 is 0 Å². The van der Waals surface area contributed by atoms with Crippen LogP contribution >= 0.6 is 11.3 Å². The Bertz CT molecular complexity index is 1170. The summed E-state index contributed by atoms with van der Waals surface area (Å²) in [5.41, 5.74) is 5.15. The lowest BCUT2D eigenvalue weighted by molar-refractivity contribution is -0.143. The van der Waals surface area contributed by atoms with Gasteiger partial charge in [0, 0.05) is 0 Å². The summed E-state index contributed by atoms with van der Waals surface area (Å²) in [5.74, 6) is 0.128. The topological polar surface area (TPSA) is 69.9 Å². The third kappa shape index (κ3) is 5.41. The number of benzene rings is 2. The fraction of sp³-hybridized carbons (Fsp3) is 0.375. The van der Waals surface area contributed by atoms with Gasteiger partial charge in [0.2, 0.25) is 0 Å². The van der Waals surface area contributed by atoms with E-state index in [4.69, 9.17) is 9.47 Å². The minimum Gasteiger partial charge on any atom is -0.494 e. The van der Waals surface area contributed by atoms with E-state index in [9.17, 15) is 9.59 Å². The number of hydrogen-bond donors (Lipinski definition) is 0. The molecule has 0 aliphatic rings. The highest BCUT2D eigenvalue weighted by Crippen LogP contribution is 2.24. The molecule has 0 radical (unpaired) electrons. The molecule has 0 bridgehead atoms. The van der Waals surface area contributed by atoms with Crippen LogP contribution in [0.1, 0.15) is 36.1 Å². The maximum absolute atomic E-state index is 12.9. The number of nitrogens with zero attached hydrogens (tertiary/aromatic N) is 2. The zero-order valence-electron chi connectivity index (χ0n) is 18.7. The molecule has 0 aliphatic heterocycles. The second kappa shape index (κ2) is 9.92. The van der Waals surface area contributed by atoms with Crippen LogP contribution in [0.3, 0.4) is 0 Å². The van der Waals surface area contributed by atoms with Crippen LogP contribution in [0, 0.1) is 20.8 Å². The van der Waals surface area contributed by atoms with Crippen molar-refractivity contribution >= 4 is 33.4 Å². The van der Waals surface area contributed by atoms with E-state index < -0.39 is 0 Å². The number of thiazole rings is 1. The molecule has 7 heteroatoms. The van der Waals surface area contributed by atoms with Gasteiger partial charge in [0.1, 0.15) is 12.3 Å². The molecular weight excluding hydrogens is 412 g/mol.